The van der Waals surface area contributed by atoms with Crippen molar-refractivity contribution in [3.8, 4) is 0 Å². The van der Waals surface area contributed by atoms with Crippen molar-refractivity contribution in [3.05, 3.63) is 35.1 Å². The van der Waals surface area contributed by atoms with E-state index in [0.717, 1.165) is 37.1 Å². The summed E-state index contributed by atoms with van der Waals surface area (Å²) in [6.07, 6.45) is 4.71. The van der Waals surface area contributed by atoms with Gasteiger partial charge in [0.15, 0.2) is 0 Å². The fraction of sp³-hybridized carbons (Fsp3) is 0.654. The molecule has 10 heteroatoms. The van der Waals surface area contributed by atoms with Gasteiger partial charge >= 0.3 is 0 Å². The molecule has 3 saturated heterocycles. The number of benzene rings is 1. The molecule has 3 unspecified atom stereocenters. The topological polar surface area (TPSA) is 93.8 Å². The van der Waals surface area contributed by atoms with Crippen molar-refractivity contribution in [2.24, 2.45) is 11.8 Å². The molecule has 0 radical (unpaired) electrons. The van der Waals surface area contributed by atoms with E-state index in [0.29, 0.717) is 32.6 Å². The summed E-state index contributed by atoms with van der Waals surface area (Å²) in [6, 6.07) is 4.58. The van der Waals surface area contributed by atoms with E-state index in [2.05, 4.69) is 30.0 Å². The summed E-state index contributed by atoms with van der Waals surface area (Å²) in [5.41, 5.74) is 6.91. The highest BCUT2D eigenvalue weighted by Crippen LogP contribution is 2.36. The Labute approximate surface area is 216 Å². The Bertz CT molecular complexity index is 1030. The quantitative estimate of drug-likeness (QED) is 0.565. The van der Waals surface area contributed by atoms with E-state index in [1.807, 2.05) is 4.90 Å². The van der Waals surface area contributed by atoms with Crippen LogP contribution < -0.4 is 16.2 Å². The van der Waals surface area contributed by atoms with Crippen molar-refractivity contribution >= 4 is 29.5 Å². The van der Waals surface area contributed by atoms with Gasteiger partial charge in [-0.1, -0.05) is 18.9 Å². The number of rotatable bonds is 4. The van der Waals surface area contributed by atoms with Crippen LogP contribution >= 0.6 is 11.8 Å². The summed E-state index contributed by atoms with van der Waals surface area (Å²) in [4.78, 5) is 42.0. The lowest BCUT2D eigenvalue weighted by Crippen LogP contribution is -2.60. The molecule has 3 N–H and O–H groups in total. The fourth-order valence-electron chi connectivity index (χ4n) is 6.16. The molecule has 1 aliphatic carbocycles. The number of thioether (sulfide) groups is 1. The Morgan fingerprint density at radius 1 is 1.11 bits per heavy atom. The van der Waals surface area contributed by atoms with E-state index in [4.69, 9.17) is 0 Å². The van der Waals surface area contributed by atoms with Crippen LogP contribution in [0.5, 0.6) is 0 Å². The van der Waals surface area contributed by atoms with Crippen molar-refractivity contribution in [3.63, 3.8) is 0 Å². The van der Waals surface area contributed by atoms with Gasteiger partial charge in [-0.05, 0) is 56.7 Å². The lowest BCUT2D eigenvalue weighted by atomic mass is 9.72. The SMILES string of the molecule is CC1(C)SCN[C@@H]1C(=O)N1CCN(C(=O)c2cc(CC3NNC(=O)C4CCCCC34)ccc2F)CC1. The fourth-order valence-corrected chi connectivity index (χ4v) is 7.13. The third kappa shape index (κ3) is 4.99. The number of nitrogens with one attached hydrogen (secondary N) is 3. The maximum absolute atomic E-state index is 14.8. The minimum Gasteiger partial charge on any atom is -0.338 e. The van der Waals surface area contributed by atoms with E-state index >= 15 is 0 Å². The van der Waals surface area contributed by atoms with Gasteiger partial charge in [0.05, 0.1) is 5.56 Å². The lowest BCUT2D eigenvalue weighted by molar-refractivity contribution is -0.135. The molecule has 8 nitrogen and oxygen atoms in total. The molecule has 4 atom stereocenters. The van der Waals surface area contributed by atoms with Crippen molar-refractivity contribution in [1.82, 2.24) is 26.0 Å². The van der Waals surface area contributed by atoms with Gasteiger partial charge in [0.1, 0.15) is 11.9 Å². The average Bonchev–Trinajstić information content (AvgIpc) is 3.25. The number of hydrogen-bond donors (Lipinski definition) is 3. The molecular formula is C26H36FN5O3S. The summed E-state index contributed by atoms with van der Waals surface area (Å²) in [7, 11) is 0. The number of fused-ring (bicyclic) bond motifs is 1. The van der Waals surface area contributed by atoms with Crippen LogP contribution in [0, 0.1) is 17.7 Å². The molecule has 0 aromatic heterocycles. The second-order valence-electron chi connectivity index (χ2n) is 11.0. The van der Waals surface area contributed by atoms with Crippen LogP contribution in [0.1, 0.15) is 55.5 Å². The third-order valence-electron chi connectivity index (χ3n) is 8.32. The Hall–Kier alpha value is -2.17. The van der Waals surface area contributed by atoms with Crippen LogP contribution in [-0.2, 0) is 16.0 Å². The molecule has 1 aromatic rings. The van der Waals surface area contributed by atoms with Gasteiger partial charge in [0.2, 0.25) is 11.8 Å². The third-order valence-corrected chi connectivity index (χ3v) is 9.61. The number of piperazine rings is 1. The molecule has 3 heterocycles. The van der Waals surface area contributed by atoms with E-state index in [-0.39, 0.29) is 52.0 Å². The molecule has 196 valence electrons. The molecule has 1 aromatic carbocycles. The molecule has 5 rings (SSSR count). The predicted octanol–water partition coefficient (Wildman–Crippen LogP) is 1.90. The maximum atomic E-state index is 14.8. The first-order valence-corrected chi connectivity index (χ1v) is 14.0. The molecule has 4 fully saturated rings. The second-order valence-corrected chi connectivity index (χ2v) is 12.6. The Morgan fingerprint density at radius 3 is 2.56 bits per heavy atom. The maximum Gasteiger partial charge on any atom is 0.256 e. The number of nitrogens with zero attached hydrogens (tertiary/aromatic N) is 2. The van der Waals surface area contributed by atoms with Crippen LogP contribution in [0.25, 0.3) is 0 Å². The molecule has 0 spiro atoms. The Kier molecular flexibility index (Phi) is 7.29. The number of amides is 3. The number of carbonyl (C=O) groups is 3. The average molecular weight is 518 g/mol. The van der Waals surface area contributed by atoms with Crippen molar-refractivity contribution < 1.29 is 18.8 Å². The number of carbonyl (C=O) groups excluding carboxylic acids is 3. The zero-order chi connectivity index (χ0) is 25.4. The standard InChI is InChI=1S/C26H36FN5O3S/c1-26(2)22(28-15-36-26)25(35)32-11-9-31(10-12-32)24(34)19-13-16(7-8-20(19)27)14-21-17-5-3-4-6-18(17)23(33)30-29-21/h7-8,13,17-18,21-22,28-29H,3-6,9-12,14-15H2,1-2H3,(H,30,33)/t17?,18?,21?,22-/m1/s1. The molecule has 36 heavy (non-hydrogen) atoms. The van der Waals surface area contributed by atoms with E-state index in [1.165, 1.54) is 6.07 Å². The highest BCUT2D eigenvalue weighted by atomic mass is 32.2. The zero-order valence-electron chi connectivity index (χ0n) is 21.0. The van der Waals surface area contributed by atoms with Crippen LogP contribution in [0.4, 0.5) is 4.39 Å². The minimum atomic E-state index is -0.531. The van der Waals surface area contributed by atoms with Crippen LogP contribution in [0.3, 0.4) is 0 Å². The zero-order valence-corrected chi connectivity index (χ0v) is 21.8. The summed E-state index contributed by atoms with van der Waals surface area (Å²) in [5, 5.41) is 3.28. The number of hydrogen-bond acceptors (Lipinski definition) is 6. The summed E-state index contributed by atoms with van der Waals surface area (Å²) in [6.45, 7) is 5.80. The van der Waals surface area contributed by atoms with Gasteiger partial charge in [-0.2, -0.15) is 0 Å². The minimum absolute atomic E-state index is 0.0224. The molecule has 3 aliphatic heterocycles. The summed E-state index contributed by atoms with van der Waals surface area (Å²) in [5.74, 6) is 0.289. The molecule has 4 aliphatic rings. The highest BCUT2D eigenvalue weighted by molar-refractivity contribution is 8.00. The summed E-state index contributed by atoms with van der Waals surface area (Å²) >= 11 is 1.73. The second kappa shape index (κ2) is 10.3. The van der Waals surface area contributed by atoms with Gasteiger partial charge in [0, 0.05) is 48.8 Å². The Balaban J connectivity index is 1.22. The van der Waals surface area contributed by atoms with Gasteiger partial charge in [-0.25, -0.2) is 9.82 Å². The van der Waals surface area contributed by atoms with Crippen molar-refractivity contribution in [2.75, 3.05) is 32.1 Å². The van der Waals surface area contributed by atoms with Gasteiger partial charge in [-0.3, -0.25) is 25.1 Å². The van der Waals surface area contributed by atoms with Crippen LogP contribution in [0.15, 0.2) is 18.2 Å². The van der Waals surface area contributed by atoms with Gasteiger partial charge in [0.25, 0.3) is 5.91 Å². The van der Waals surface area contributed by atoms with E-state index in [9.17, 15) is 18.8 Å². The highest BCUT2D eigenvalue weighted by Gasteiger charge is 2.43. The monoisotopic (exact) mass is 517 g/mol. The Morgan fingerprint density at radius 2 is 1.83 bits per heavy atom. The van der Waals surface area contributed by atoms with Crippen LogP contribution in [0.2, 0.25) is 0 Å². The first-order chi connectivity index (χ1) is 17.2. The predicted molar refractivity (Wildman–Crippen MR) is 137 cm³/mol. The van der Waals surface area contributed by atoms with E-state index in [1.54, 1.807) is 28.8 Å². The molecular weight excluding hydrogens is 481 g/mol. The first kappa shape index (κ1) is 25.5. The lowest BCUT2D eigenvalue weighted by Gasteiger charge is -2.41. The first-order valence-electron chi connectivity index (χ1n) is 13.0. The van der Waals surface area contributed by atoms with E-state index < -0.39 is 5.82 Å². The normalized spacial score (nSPS) is 30.0. The van der Waals surface area contributed by atoms with Crippen LogP contribution in [-0.4, -0.2) is 76.4 Å². The van der Waals surface area contributed by atoms with Crippen molar-refractivity contribution in [2.45, 2.75) is 62.8 Å². The van der Waals surface area contributed by atoms with Crippen molar-refractivity contribution in [1.29, 1.82) is 0 Å². The van der Waals surface area contributed by atoms with Gasteiger partial charge < -0.3 is 9.80 Å². The molecule has 1 saturated carbocycles. The largest absolute Gasteiger partial charge is 0.338 e. The molecule has 3 amide bonds. The van der Waals surface area contributed by atoms with Gasteiger partial charge in [-0.15, -0.1) is 11.8 Å². The smallest absolute Gasteiger partial charge is 0.256 e. The number of halogens is 1. The molecule has 0 bridgehead atoms. The number of hydrazine groups is 1. The summed E-state index contributed by atoms with van der Waals surface area (Å²) < 4.78 is 14.6.